The Morgan fingerprint density at radius 2 is 1.64 bits per heavy atom. The van der Waals surface area contributed by atoms with E-state index in [0.717, 1.165) is 12.8 Å². The molecule has 1 atom stereocenters. The Kier molecular flexibility index (Phi) is 10.00. The van der Waals surface area contributed by atoms with Crippen LogP contribution in [0.5, 0.6) is 0 Å². The van der Waals surface area contributed by atoms with Crippen LogP contribution in [0.3, 0.4) is 0 Å². The molecule has 1 unspecified atom stereocenters. The third-order valence-electron chi connectivity index (χ3n) is 2.52. The number of aliphatic imine (C=N–C) groups is 1. The van der Waals surface area contributed by atoms with E-state index in [1.54, 1.807) is 6.08 Å². The Labute approximate surface area is 87.8 Å². The van der Waals surface area contributed by atoms with E-state index in [1.165, 1.54) is 38.5 Å². The summed E-state index contributed by atoms with van der Waals surface area (Å²) in [4.78, 5) is 14.0. The molecule has 0 amide bonds. The lowest BCUT2D eigenvalue weighted by atomic mass is 10.0. The molecule has 14 heavy (non-hydrogen) atoms. The molecule has 2 heteroatoms. The van der Waals surface area contributed by atoms with Gasteiger partial charge < -0.3 is 0 Å². The number of nitrogens with zero attached hydrogens (tertiary/aromatic N) is 1. The fourth-order valence-corrected chi connectivity index (χ4v) is 1.59. The number of hydrogen-bond acceptors (Lipinski definition) is 2. The second-order valence-electron chi connectivity index (χ2n) is 3.87. The molecule has 0 aliphatic carbocycles. The summed E-state index contributed by atoms with van der Waals surface area (Å²) in [6.07, 6.45) is 11.2. The monoisotopic (exact) mass is 197 g/mol. The van der Waals surface area contributed by atoms with E-state index in [0.29, 0.717) is 0 Å². The van der Waals surface area contributed by atoms with Gasteiger partial charge in [-0.3, -0.25) is 0 Å². The second-order valence-corrected chi connectivity index (χ2v) is 3.87. The van der Waals surface area contributed by atoms with Crippen LogP contribution in [0.1, 0.15) is 65.2 Å². The van der Waals surface area contributed by atoms with Crippen LogP contribution < -0.4 is 0 Å². The van der Waals surface area contributed by atoms with Crippen LogP contribution in [-0.4, -0.2) is 12.1 Å². The highest BCUT2D eigenvalue weighted by Gasteiger charge is 2.05. The van der Waals surface area contributed by atoms with Gasteiger partial charge in [-0.05, 0) is 12.8 Å². The van der Waals surface area contributed by atoms with Gasteiger partial charge in [-0.25, -0.2) is 9.79 Å². The molecule has 0 heterocycles. The third-order valence-corrected chi connectivity index (χ3v) is 2.52. The first-order chi connectivity index (χ1) is 6.85. The highest BCUT2D eigenvalue weighted by atomic mass is 16.1. The van der Waals surface area contributed by atoms with Crippen molar-refractivity contribution >= 4 is 6.08 Å². The molecule has 0 fully saturated rings. The minimum atomic E-state index is 0.240. The maximum atomic E-state index is 10.2. The van der Waals surface area contributed by atoms with E-state index in [1.807, 2.05) is 0 Å². The van der Waals surface area contributed by atoms with Gasteiger partial charge in [0.1, 0.15) is 0 Å². The minimum absolute atomic E-state index is 0.240. The van der Waals surface area contributed by atoms with Crippen molar-refractivity contribution in [3.8, 4) is 0 Å². The highest BCUT2D eigenvalue weighted by molar-refractivity contribution is 5.33. The molecular formula is C12H23NO. The average molecular weight is 197 g/mol. The summed E-state index contributed by atoms with van der Waals surface area (Å²) in [5.41, 5.74) is 0. The summed E-state index contributed by atoms with van der Waals surface area (Å²) >= 11 is 0. The van der Waals surface area contributed by atoms with Crippen molar-refractivity contribution in [1.82, 2.24) is 0 Å². The number of hydrogen-bond donors (Lipinski definition) is 0. The van der Waals surface area contributed by atoms with Gasteiger partial charge in [0.05, 0.1) is 6.04 Å². The minimum Gasteiger partial charge on any atom is -0.211 e. The molecule has 0 rings (SSSR count). The SMILES string of the molecule is CCCCCCC(CCCC)N=C=O. The molecule has 0 aliphatic rings. The van der Waals surface area contributed by atoms with Gasteiger partial charge in [-0.2, -0.15) is 0 Å². The lowest BCUT2D eigenvalue weighted by Gasteiger charge is -2.08. The Morgan fingerprint density at radius 3 is 2.21 bits per heavy atom. The molecule has 0 radical (unpaired) electrons. The summed E-state index contributed by atoms with van der Waals surface area (Å²) in [6, 6.07) is 0.240. The van der Waals surface area contributed by atoms with Crippen molar-refractivity contribution in [2.24, 2.45) is 4.99 Å². The fourth-order valence-electron chi connectivity index (χ4n) is 1.59. The van der Waals surface area contributed by atoms with Crippen LogP contribution >= 0.6 is 0 Å². The van der Waals surface area contributed by atoms with Crippen LogP contribution in [0.2, 0.25) is 0 Å². The zero-order chi connectivity index (χ0) is 10.6. The van der Waals surface area contributed by atoms with Gasteiger partial charge >= 0.3 is 0 Å². The van der Waals surface area contributed by atoms with Crippen LogP contribution in [0, 0.1) is 0 Å². The highest BCUT2D eigenvalue weighted by Crippen LogP contribution is 2.13. The molecule has 0 saturated heterocycles. The molecule has 0 N–H and O–H groups in total. The van der Waals surface area contributed by atoms with E-state index < -0.39 is 0 Å². The summed E-state index contributed by atoms with van der Waals surface area (Å²) in [5.74, 6) is 0. The second kappa shape index (κ2) is 10.5. The number of isocyanates is 1. The maximum absolute atomic E-state index is 10.2. The Hall–Kier alpha value is -0.620. The van der Waals surface area contributed by atoms with Crippen molar-refractivity contribution in [2.75, 3.05) is 0 Å². The maximum Gasteiger partial charge on any atom is 0.235 e. The Balaban J connectivity index is 3.56. The van der Waals surface area contributed by atoms with Crippen LogP contribution in [0.25, 0.3) is 0 Å². The smallest absolute Gasteiger partial charge is 0.211 e. The molecule has 0 aliphatic heterocycles. The lowest BCUT2D eigenvalue weighted by Crippen LogP contribution is -2.03. The molecule has 0 aromatic rings. The van der Waals surface area contributed by atoms with Gasteiger partial charge in [0, 0.05) is 0 Å². The number of carbonyl (C=O) groups excluding carboxylic acids is 1. The molecule has 0 aromatic carbocycles. The summed E-state index contributed by atoms with van der Waals surface area (Å²) < 4.78 is 0. The third kappa shape index (κ3) is 8.00. The molecule has 0 saturated carbocycles. The van der Waals surface area contributed by atoms with E-state index in [-0.39, 0.29) is 6.04 Å². The van der Waals surface area contributed by atoms with Crippen LogP contribution in [0.4, 0.5) is 0 Å². The summed E-state index contributed by atoms with van der Waals surface area (Å²) in [6.45, 7) is 4.37. The van der Waals surface area contributed by atoms with Crippen molar-refractivity contribution in [2.45, 2.75) is 71.3 Å². The molecule has 0 bridgehead atoms. The predicted octanol–water partition coefficient (Wildman–Crippen LogP) is 3.85. The largest absolute Gasteiger partial charge is 0.235 e. The first-order valence-corrected chi connectivity index (χ1v) is 5.92. The lowest BCUT2D eigenvalue weighted by molar-refractivity contribution is 0.497. The van der Waals surface area contributed by atoms with E-state index in [4.69, 9.17) is 0 Å². The van der Waals surface area contributed by atoms with Gasteiger partial charge in [0.15, 0.2) is 0 Å². The topological polar surface area (TPSA) is 29.4 Å². The quantitative estimate of drug-likeness (QED) is 0.313. The molecular weight excluding hydrogens is 174 g/mol. The molecule has 2 nitrogen and oxygen atoms in total. The standard InChI is InChI=1S/C12H23NO/c1-3-5-7-8-10-12(13-11-14)9-6-4-2/h12H,3-10H2,1-2H3. The van der Waals surface area contributed by atoms with E-state index in [9.17, 15) is 4.79 Å². The van der Waals surface area contributed by atoms with Crippen molar-refractivity contribution < 1.29 is 4.79 Å². The van der Waals surface area contributed by atoms with Crippen molar-refractivity contribution in [1.29, 1.82) is 0 Å². The van der Waals surface area contributed by atoms with Crippen molar-refractivity contribution in [3.63, 3.8) is 0 Å². The zero-order valence-electron chi connectivity index (χ0n) is 9.59. The van der Waals surface area contributed by atoms with Gasteiger partial charge in [-0.1, -0.05) is 52.4 Å². The van der Waals surface area contributed by atoms with E-state index in [2.05, 4.69) is 18.8 Å². The van der Waals surface area contributed by atoms with E-state index >= 15 is 0 Å². The summed E-state index contributed by atoms with van der Waals surface area (Å²) in [5, 5.41) is 0. The van der Waals surface area contributed by atoms with Gasteiger partial charge in [0.25, 0.3) is 0 Å². The van der Waals surface area contributed by atoms with Gasteiger partial charge in [0.2, 0.25) is 6.08 Å². The summed E-state index contributed by atoms with van der Waals surface area (Å²) in [7, 11) is 0. The van der Waals surface area contributed by atoms with Crippen LogP contribution in [0.15, 0.2) is 4.99 Å². The van der Waals surface area contributed by atoms with Crippen LogP contribution in [-0.2, 0) is 4.79 Å². The Bertz CT molecular complexity index is 162. The first kappa shape index (κ1) is 13.4. The zero-order valence-corrected chi connectivity index (χ0v) is 9.59. The predicted molar refractivity (Wildman–Crippen MR) is 60.2 cm³/mol. The number of unbranched alkanes of at least 4 members (excludes halogenated alkanes) is 4. The first-order valence-electron chi connectivity index (χ1n) is 5.92. The molecule has 82 valence electrons. The average Bonchev–Trinajstić information content (AvgIpc) is 2.20. The molecule has 0 aromatic heterocycles. The van der Waals surface area contributed by atoms with Crippen molar-refractivity contribution in [3.05, 3.63) is 0 Å². The Morgan fingerprint density at radius 1 is 1.00 bits per heavy atom. The molecule has 0 spiro atoms. The fraction of sp³-hybridized carbons (Fsp3) is 0.917. The normalized spacial score (nSPS) is 12.1. The number of rotatable bonds is 9. The van der Waals surface area contributed by atoms with Gasteiger partial charge in [-0.15, -0.1) is 0 Å².